The van der Waals surface area contributed by atoms with E-state index in [1.165, 1.54) is 6.08 Å². The van der Waals surface area contributed by atoms with E-state index >= 15 is 0 Å². The molecular formula is C12H16O4. The summed E-state index contributed by atoms with van der Waals surface area (Å²) in [7, 11) is 0. The van der Waals surface area contributed by atoms with Crippen LogP contribution in [0.1, 0.15) is 26.7 Å². The fraction of sp³-hybridized carbons (Fsp3) is 0.667. The van der Waals surface area contributed by atoms with E-state index < -0.39 is 17.1 Å². The smallest absolute Gasteiger partial charge is 0.331 e. The topological polar surface area (TPSA) is 63.6 Å². The first-order valence-corrected chi connectivity index (χ1v) is 5.49. The molecule has 4 atom stereocenters. The van der Waals surface area contributed by atoms with Crippen molar-refractivity contribution < 1.29 is 19.4 Å². The molecule has 1 saturated carbocycles. The predicted molar refractivity (Wildman–Crippen MR) is 56.5 cm³/mol. The summed E-state index contributed by atoms with van der Waals surface area (Å²) in [4.78, 5) is 22.2. The minimum absolute atomic E-state index is 0.136. The number of carbonyl (C=O) groups excluding carboxylic acids is 2. The number of carbonyl (C=O) groups is 2. The van der Waals surface area contributed by atoms with Gasteiger partial charge in [0.1, 0.15) is 11.9 Å². The first kappa shape index (κ1) is 11.3. The largest absolute Gasteiger partial charge is 0.452 e. The van der Waals surface area contributed by atoms with Crippen LogP contribution in [-0.4, -0.2) is 28.6 Å². The number of ether oxygens (including phenoxy) is 1. The molecule has 1 aliphatic carbocycles. The van der Waals surface area contributed by atoms with E-state index in [1.54, 1.807) is 19.9 Å². The van der Waals surface area contributed by atoms with Gasteiger partial charge in [0.2, 0.25) is 0 Å². The Labute approximate surface area is 94.3 Å². The second-order valence-corrected chi connectivity index (χ2v) is 5.10. The summed E-state index contributed by atoms with van der Waals surface area (Å²) >= 11 is 0. The molecule has 0 unspecified atom stereocenters. The molecule has 0 aromatic carbocycles. The lowest BCUT2D eigenvalue weighted by atomic mass is 9.78. The van der Waals surface area contributed by atoms with E-state index in [4.69, 9.17) is 4.74 Å². The molecular weight excluding hydrogens is 208 g/mol. The highest BCUT2D eigenvalue weighted by atomic mass is 16.6. The van der Waals surface area contributed by atoms with Gasteiger partial charge in [-0.1, -0.05) is 0 Å². The van der Waals surface area contributed by atoms with Gasteiger partial charge in [-0.05, 0) is 32.8 Å². The molecule has 1 aliphatic heterocycles. The van der Waals surface area contributed by atoms with Crippen molar-refractivity contribution in [3.8, 4) is 0 Å². The maximum Gasteiger partial charge on any atom is 0.331 e. The zero-order valence-electron chi connectivity index (χ0n) is 9.47. The highest BCUT2D eigenvalue weighted by Gasteiger charge is 2.53. The quantitative estimate of drug-likeness (QED) is 0.557. The van der Waals surface area contributed by atoms with Crippen LogP contribution < -0.4 is 0 Å². The molecule has 4 heteroatoms. The van der Waals surface area contributed by atoms with Crippen LogP contribution in [0.2, 0.25) is 0 Å². The molecule has 0 aromatic heterocycles. The third kappa shape index (κ3) is 1.57. The zero-order chi connectivity index (χ0) is 12.0. The van der Waals surface area contributed by atoms with Crippen molar-refractivity contribution in [2.24, 2.45) is 11.8 Å². The van der Waals surface area contributed by atoms with Crippen LogP contribution in [0.15, 0.2) is 12.2 Å². The van der Waals surface area contributed by atoms with Gasteiger partial charge in [0, 0.05) is 12.0 Å². The number of hydrogen-bond donors (Lipinski definition) is 1. The highest BCUT2D eigenvalue weighted by Crippen LogP contribution is 2.47. The molecule has 0 radical (unpaired) electrons. The van der Waals surface area contributed by atoms with Crippen LogP contribution in [-0.2, 0) is 14.3 Å². The molecule has 0 bridgehead atoms. The standard InChI is InChI=1S/C12H16O4/c1-11(15)5-3-8(9(11)7-13)12(2)6-4-10(14)16-12/h4,6-9,15H,3,5H2,1-2H3/t8-,9+,11-,12-/m1/s1. The number of aldehydes is 1. The molecule has 4 nitrogen and oxygen atoms in total. The van der Waals surface area contributed by atoms with Crippen LogP contribution in [0.5, 0.6) is 0 Å². The van der Waals surface area contributed by atoms with Crippen molar-refractivity contribution in [3.63, 3.8) is 0 Å². The molecule has 0 aromatic rings. The summed E-state index contributed by atoms with van der Waals surface area (Å²) < 4.78 is 5.24. The summed E-state index contributed by atoms with van der Waals surface area (Å²) in [6.07, 6.45) is 5.10. The molecule has 88 valence electrons. The number of esters is 1. The first-order chi connectivity index (χ1) is 7.39. The van der Waals surface area contributed by atoms with Gasteiger partial charge in [-0.3, -0.25) is 0 Å². The second-order valence-electron chi connectivity index (χ2n) is 5.10. The second kappa shape index (κ2) is 3.42. The lowest BCUT2D eigenvalue weighted by molar-refractivity contribution is -0.152. The van der Waals surface area contributed by atoms with Gasteiger partial charge in [0.05, 0.1) is 11.5 Å². The molecule has 16 heavy (non-hydrogen) atoms. The van der Waals surface area contributed by atoms with Crippen LogP contribution in [0.25, 0.3) is 0 Å². The Balaban J connectivity index is 2.26. The van der Waals surface area contributed by atoms with Gasteiger partial charge in [-0.15, -0.1) is 0 Å². The van der Waals surface area contributed by atoms with E-state index in [-0.39, 0.29) is 11.9 Å². The maximum atomic E-state index is 11.1. The van der Waals surface area contributed by atoms with Crippen molar-refractivity contribution in [3.05, 3.63) is 12.2 Å². The summed E-state index contributed by atoms with van der Waals surface area (Å²) in [6.45, 7) is 3.45. The van der Waals surface area contributed by atoms with Crippen molar-refractivity contribution in [2.45, 2.75) is 37.9 Å². The molecule has 1 fully saturated rings. The van der Waals surface area contributed by atoms with Crippen LogP contribution in [0.3, 0.4) is 0 Å². The molecule has 0 amide bonds. The summed E-state index contributed by atoms with van der Waals surface area (Å²) in [6, 6.07) is 0. The van der Waals surface area contributed by atoms with Crippen molar-refractivity contribution >= 4 is 12.3 Å². The molecule has 2 rings (SSSR count). The molecule has 1 heterocycles. The van der Waals surface area contributed by atoms with Gasteiger partial charge >= 0.3 is 5.97 Å². The Hall–Kier alpha value is -1.16. The van der Waals surface area contributed by atoms with E-state index in [9.17, 15) is 14.7 Å². The summed E-state index contributed by atoms with van der Waals surface area (Å²) in [5, 5.41) is 10.1. The normalized spacial score (nSPS) is 47.1. The molecule has 0 spiro atoms. The lowest BCUT2D eigenvalue weighted by Gasteiger charge is -2.33. The van der Waals surface area contributed by atoms with Gasteiger partial charge in [0.25, 0.3) is 0 Å². The fourth-order valence-corrected chi connectivity index (χ4v) is 2.83. The lowest BCUT2D eigenvalue weighted by Crippen LogP contribution is -2.42. The summed E-state index contributed by atoms with van der Waals surface area (Å²) in [5.74, 6) is -0.991. The average Bonchev–Trinajstić information content (AvgIpc) is 2.67. The van der Waals surface area contributed by atoms with E-state index in [0.29, 0.717) is 12.8 Å². The number of cyclic esters (lactones) is 1. The van der Waals surface area contributed by atoms with Gasteiger partial charge < -0.3 is 14.6 Å². The van der Waals surface area contributed by atoms with Crippen LogP contribution in [0.4, 0.5) is 0 Å². The van der Waals surface area contributed by atoms with E-state index in [1.807, 2.05) is 0 Å². The Bertz CT molecular complexity index is 358. The first-order valence-electron chi connectivity index (χ1n) is 5.49. The van der Waals surface area contributed by atoms with Gasteiger partial charge in [-0.2, -0.15) is 0 Å². The van der Waals surface area contributed by atoms with Crippen LogP contribution in [0, 0.1) is 11.8 Å². The Kier molecular flexibility index (Phi) is 2.42. The Morgan fingerprint density at radius 3 is 2.75 bits per heavy atom. The number of rotatable bonds is 2. The minimum Gasteiger partial charge on any atom is -0.452 e. The zero-order valence-corrected chi connectivity index (χ0v) is 9.47. The van der Waals surface area contributed by atoms with Crippen molar-refractivity contribution in [1.29, 1.82) is 0 Å². The van der Waals surface area contributed by atoms with Gasteiger partial charge in [0.15, 0.2) is 0 Å². The predicted octanol–water partition coefficient (Wildman–Crippen LogP) is 0.834. The fourth-order valence-electron chi connectivity index (χ4n) is 2.83. The van der Waals surface area contributed by atoms with E-state index in [2.05, 4.69) is 0 Å². The number of hydrogen-bond acceptors (Lipinski definition) is 4. The number of aliphatic hydroxyl groups is 1. The minimum atomic E-state index is -0.988. The Morgan fingerprint density at radius 2 is 2.25 bits per heavy atom. The molecule has 0 saturated heterocycles. The average molecular weight is 224 g/mol. The van der Waals surface area contributed by atoms with Gasteiger partial charge in [-0.25, -0.2) is 4.79 Å². The molecule has 2 aliphatic rings. The monoisotopic (exact) mass is 224 g/mol. The SMILES string of the molecule is C[C@]1([C@@H]2CC[C@@](C)(O)[C@H]2C=O)C=CC(=O)O1. The third-order valence-electron chi connectivity index (χ3n) is 3.87. The summed E-state index contributed by atoms with van der Waals surface area (Å²) in [5.41, 5.74) is -1.73. The van der Waals surface area contributed by atoms with E-state index in [0.717, 1.165) is 6.29 Å². The third-order valence-corrected chi connectivity index (χ3v) is 3.87. The van der Waals surface area contributed by atoms with Crippen molar-refractivity contribution in [2.75, 3.05) is 0 Å². The van der Waals surface area contributed by atoms with Crippen LogP contribution >= 0.6 is 0 Å². The highest BCUT2D eigenvalue weighted by molar-refractivity contribution is 5.85. The Morgan fingerprint density at radius 1 is 1.56 bits per heavy atom. The van der Waals surface area contributed by atoms with Crippen molar-refractivity contribution in [1.82, 2.24) is 0 Å². The molecule has 1 N–H and O–H groups in total. The maximum absolute atomic E-state index is 11.1.